The van der Waals surface area contributed by atoms with E-state index in [9.17, 15) is 12.8 Å². The number of hydrogen-bond donors (Lipinski definition) is 0. The van der Waals surface area contributed by atoms with Crippen molar-refractivity contribution < 1.29 is 12.8 Å². The SMILES string of the molecule is CC(C)CN(C(C)C)S(=O)(=O)c1cc(Br)ccc1F. The van der Waals surface area contributed by atoms with E-state index in [1.807, 2.05) is 13.8 Å². The van der Waals surface area contributed by atoms with Crippen molar-refractivity contribution in [3.8, 4) is 0 Å². The number of benzene rings is 1. The molecule has 0 atom stereocenters. The largest absolute Gasteiger partial charge is 0.246 e. The van der Waals surface area contributed by atoms with E-state index < -0.39 is 15.8 Å². The van der Waals surface area contributed by atoms with Gasteiger partial charge in [0.1, 0.15) is 10.7 Å². The molecule has 1 aromatic carbocycles. The first kappa shape index (κ1) is 16.6. The van der Waals surface area contributed by atoms with Crippen molar-refractivity contribution >= 4 is 26.0 Å². The first-order valence-corrected chi connectivity index (χ1v) is 8.36. The maximum Gasteiger partial charge on any atom is 0.246 e. The van der Waals surface area contributed by atoms with E-state index >= 15 is 0 Å². The van der Waals surface area contributed by atoms with Gasteiger partial charge in [0.2, 0.25) is 10.0 Å². The third-order valence-corrected chi connectivity index (χ3v) is 5.15. The quantitative estimate of drug-likeness (QED) is 0.811. The molecule has 0 aromatic heterocycles. The number of hydrogen-bond acceptors (Lipinski definition) is 2. The molecule has 0 N–H and O–H groups in total. The van der Waals surface area contributed by atoms with E-state index in [2.05, 4.69) is 15.9 Å². The van der Waals surface area contributed by atoms with Crippen molar-refractivity contribution in [3.05, 3.63) is 28.5 Å². The van der Waals surface area contributed by atoms with Gasteiger partial charge in [-0.15, -0.1) is 0 Å². The lowest BCUT2D eigenvalue weighted by Gasteiger charge is -2.27. The smallest absolute Gasteiger partial charge is 0.207 e. The molecule has 108 valence electrons. The van der Waals surface area contributed by atoms with Gasteiger partial charge in [0.05, 0.1) is 0 Å². The number of sulfonamides is 1. The van der Waals surface area contributed by atoms with E-state index in [4.69, 9.17) is 0 Å². The predicted octanol–water partition coefficient (Wildman–Crippen LogP) is 3.64. The Labute approximate surface area is 123 Å². The van der Waals surface area contributed by atoms with Crippen LogP contribution >= 0.6 is 15.9 Å². The fourth-order valence-corrected chi connectivity index (χ4v) is 4.15. The summed E-state index contributed by atoms with van der Waals surface area (Å²) >= 11 is 3.18. The molecule has 0 aliphatic heterocycles. The van der Waals surface area contributed by atoms with Crippen molar-refractivity contribution in [2.24, 2.45) is 5.92 Å². The molecule has 1 rings (SSSR count). The van der Waals surface area contributed by atoms with Gasteiger partial charge in [-0.05, 0) is 38.0 Å². The van der Waals surface area contributed by atoms with Gasteiger partial charge in [-0.25, -0.2) is 12.8 Å². The molecule has 0 saturated carbocycles. The van der Waals surface area contributed by atoms with Crippen LogP contribution in [0.4, 0.5) is 4.39 Å². The predicted molar refractivity (Wildman–Crippen MR) is 78.0 cm³/mol. The highest BCUT2D eigenvalue weighted by atomic mass is 79.9. The van der Waals surface area contributed by atoms with Gasteiger partial charge >= 0.3 is 0 Å². The lowest BCUT2D eigenvalue weighted by atomic mass is 10.2. The molecule has 0 amide bonds. The Kier molecular flexibility index (Phi) is 5.53. The van der Waals surface area contributed by atoms with Crippen molar-refractivity contribution in [1.29, 1.82) is 0 Å². The molecule has 0 bridgehead atoms. The fourth-order valence-electron chi connectivity index (χ4n) is 1.75. The topological polar surface area (TPSA) is 37.4 Å². The summed E-state index contributed by atoms with van der Waals surface area (Å²) in [6.07, 6.45) is 0. The summed E-state index contributed by atoms with van der Waals surface area (Å²) in [4.78, 5) is -0.281. The van der Waals surface area contributed by atoms with Crippen LogP contribution in [-0.2, 0) is 10.0 Å². The van der Waals surface area contributed by atoms with Crippen LogP contribution in [0.3, 0.4) is 0 Å². The van der Waals surface area contributed by atoms with Crippen LogP contribution in [0.1, 0.15) is 27.7 Å². The Morgan fingerprint density at radius 1 is 1.26 bits per heavy atom. The highest BCUT2D eigenvalue weighted by Crippen LogP contribution is 2.25. The zero-order chi connectivity index (χ0) is 14.8. The standard InChI is InChI=1S/C13H19BrFNO2S/c1-9(2)8-16(10(3)4)19(17,18)13-7-11(14)5-6-12(13)15/h5-7,9-10H,8H2,1-4H3. The summed E-state index contributed by atoms with van der Waals surface area (Å²) in [5, 5.41) is 0. The van der Waals surface area contributed by atoms with Crippen LogP contribution < -0.4 is 0 Å². The highest BCUT2D eigenvalue weighted by Gasteiger charge is 2.30. The molecule has 0 fully saturated rings. The Morgan fingerprint density at radius 3 is 2.32 bits per heavy atom. The lowest BCUT2D eigenvalue weighted by molar-refractivity contribution is 0.317. The first-order chi connectivity index (χ1) is 8.66. The summed E-state index contributed by atoms with van der Waals surface area (Å²) in [6.45, 7) is 7.81. The van der Waals surface area contributed by atoms with Gasteiger partial charge in [-0.2, -0.15) is 4.31 Å². The zero-order valence-corrected chi connectivity index (χ0v) is 13.9. The molecular weight excluding hydrogens is 333 g/mol. The van der Waals surface area contributed by atoms with Crippen LogP contribution in [0, 0.1) is 11.7 Å². The molecule has 0 unspecified atom stereocenters. The average Bonchev–Trinajstić information content (AvgIpc) is 2.28. The molecular formula is C13H19BrFNO2S. The summed E-state index contributed by atoms with van der Waals surface area (Å²) in [7, 11) is -3.82. The minimum Gasteiger partial charge on any atom is -0.207 e. The van der Waals surface area contributed by atoms with Gasteiger partial charge in [-0.1, -0.05) is 29.8 Å². The van der Waals surface area contributed by atoms with Crippen LogP contribution in [0.25, 0.3) is 0 Å². The molecule has 19 heavy (non-hydrogen) atoms. The third kappa shape index (κ3) is 4.00. The van der Waals surface area contributed by atoms with E-state index in [1.165, 1.54) is 16.4 Å². The van der Waals surface area contributed by atoms with Crippen molar-refractivity contribution in [3.63, 3.8) is 0 Å². The van der Waals surface area contributed by atoms with E-state index in [0.717, 1.165) is 6.07 Å². The summed E-state index contributed by atoms with van der Waals surface area (Å²) < 4.78 is 40.8. The second-order valence-electron chi connectivity index (χ2n) is 5.14. The van der Waals surface area contributed by atoms with E-state index in [-0.39, 0.29) is 16.9 Å². The van der Waals surface area contributed by atoms with Crippen LogP contribution in [0.15, 0.2) is 27.6 Å². The maximum absolute atomic E-state index is 13.8. The molecule has 0 heterocycles. The molecule has 0 aliphatic rings. The third-order valence-electron chi connectivity index (χ3n) is 2.60. The number of rotatable bonds is 5. The Balaban J connectivity index is 3.30. The van der Waals surface area contributed by atoms with E-state index in [0.29, 0.717) is 11.0 Å². The lowest BCUT2D eigenvalue weighted by Crippen LogP contribution is -2.39. The van der Waals surface area contributed by atoms with Crippen molar-refractivity contribution in [1.82, 2.24) is 4.31 Å². The van der Waals surface area contributed by atoms with Crippen LogP contribution in [0.2, 0.25) is 0 Å². The monoisotopic (exact) mass is 351 g/mol. The summed E-state index contributed by atoms with van der Waals surface area (Å²) in [6, 6.07) is 3.73. The summed E-state index contributed by atoms with van der Waals surface area (Å²) in [5.74, 6) is -0.551. The first-order valence-electron chi connectivity index (χ1n) is 6.13. The molecule has 0 spiro atoms. The Hall–Kier alpha value is -0.460. The highest BCUT2D eigenvalue weighted by molar-refractivity contribution is 9.10. The molecule has 6 heteroatoms. The van der Waals surface area contributed by atoms with Crippen LogP contribution in [0.5, 0.6) is 0 Å². The van der Waals surface area contributed by atoms with Gasteiger partial charge in [-0.3, -0.25) is 0 Å². The summed E-state index contributed by atoms with van der Waals surface area (Å²) in [5.41, 5.74) is 0. The molecule has 0 saturated heterocycles. The number of nitrogens with zero attached hydrogens (tertiary/aromatic N) is 1. The zero-order valence-electron chi connectivity index (χ0n) is 11.5. The van der Waals surface area contributed by atoms with Gasteiger partial charge in [0.25, 0.3) is 0 Å². The fraction of sp³-hybridized carbons (Fsp3) is 0.538. The van der Waals surface area contributed by atoms with Gasteiger partial charge in [0, 0.05) is 17.1 Å². The van der Waals surface area contributed by atoms with E-state index in [1.54, 1.807) is 13.8 Å². The van der Waals surface area contributed by atoms with Gasteiger partial charge in [0.15, 0.2) is 0 Å². The minimum atomic E-state index is -3.82. The van der Waals surface area contributed by atoms with Gasteiger partial charge < -0.3 is 0 Å². The minimum absolute atomic E-state index is 0.174. The second-order valence-corrected chi connectivity index (χ2v) is 7.91. The molecule has 0 aliphatic carbocycles. The normalized spacial score (nSPS) is 12.7. The molecule has 0 radical (unpaired) electrons. The van der Waals surface area contributed by atoms with Crippen molar-refractivity contribution in [2.75, 3.05) is 6.54 Å². The molecule has 3 nitrogen and oxygen atoms in total. The maximum atomic E-state index is 13.8. The Morgan fingerprint density at radius 2 is 1.84 bits per heavy atom. The second kappa shape index (κ2) is 6.33. The molecule has 1 aromatic rings. The Bertz CT molecular complexity index is 544. The number of halogens is 2. The van der Waals surface area contributed by atoms with Crippen LogP contribution in [-0.4, -0.2) is 25.3 Å². The average molecular weight is 352 g/mol. The van der Waals surface area contributed by atoms with Crippen molar-refractivity contribution in [2.45, 2.75) is 38.6 Å².